The summed E-state index contributed by atoms with van der Waals surface area (Å²) in [5, 5.41) is 4.34. The van der Waals surface area contributed by atoms with Gasteiger partial charge in [-0.2, -0.15) is 0 Å². The van der Waals surface area contributed by atoms with E-state index in [1.54, 1.807) is 0 Å². The molecule has 1 amide bonds. The van der Waals surface area contributed by atoms with Crippen LogP contribution in [0.15, 0.2) is 54.7 Å². The lowest BCUT2D eigenvalue weighted by Gasteiger charge is -2.18. The molecule has 0 spiro atoms. The average molecular weight is 379 g/mol. The number of hydrogen-bond donors (Lipinski definition) is 2. The lowest BCUT2D eigenvalue weighted by Crippen LogP contribution is -3.06. The lowest BCUT2D eigenvalue weighted by molar-refractivity contribution is -0.856. The van der Waals surface area contributed by atoms with Crippen LogP contribution in [0.1, 0.15) is 36.0 Å². The highest BCUT2D eigenvalue weighted by Gasteiger charge is 2.22. The number of aromatic nitrogens is 1. The van der Waals surface area contributed by atoms with Crippen LogP contribution in [0.5, 0.6) is 0 Å². The number of hydrogen-bond acceptors (Lipinski definition) is 1. The van der Waals surface area contributed by atoms with Crippen molar-refractivity contribution in [3.63, 3.8) is 0 Å². The van der Waals surface area contributed by atoms with Gasteiger partial charge in [-0.15, -0.1) is 0 Å². The summed E-state index contributed by atoms with van der Waals surface area (Å²) in [5.41, 5.74) is 4.89. The number of carbonyl (C=O) groups excluding carboxylic acids is 1. The highest BCUT2D eigenvalue weighted by atomic mass is 16.1. The van der Waals surface area contributed by atoms with Crippen molar-refractivity contribution in [2.24, 2.45) is 0 Å². The molecule has 4 nitrogen and oxygen atoms in total. The van der Waals surface area contributed by atoms with Crippen molar-refractivity contribution in [3.05, 3.63) is 71.4 Å². The molecule has 2 aromatic carbocycles. The fourth-order valence-electron chi connectivity index (χ4n) is 3.82. The predicted molar refractivity (Wildman–Crippen MR) is 116 cm³/mol. The Balaban J connectivity index is 1.97. The molecule has 1 atom stereocenters. The van der Waals surface area contributed by atoms with Crippen LogP contribution in [0, 0.1) is 6.92 Å². The van der Waals surface area contributed by atoms with Crippen LogP contribution in [-0.4, -0.2) is 37.7 Å². The minimum atomic E-state index is 0.0457. The zero-order valence-electron chi connectivity index (χ0n) is 17.5. The molecule has 0 aliphatic carbocycles. The standard InChI is InChI=1S/C24H31N3O/c1-5-27-17-22(20-11-6-7-12-23(20)27)21(19-10-8-9-18(2)15-19)16-24(28)25-13-14-26(3)4/h6-12,15,17,21H,5,13-14,16H2,1-4H3,(H,25,28)/p+1/t21-/m0/s1. The van der Waals surface area contributed by atoms with E-state index in [-0.39, 0.29) is 11.8 Å². The Morgan fingerprint density at radius 1 is 1.14 bits per heavy atom. The van der Waals surface area contributed by atoms with Crippen LogP contribution in [0.25, 0.3) is 10.9 Å². The summed E-state index contributed by atoms with van der Waals surface area (Å²) >= 11 is 0. The monoisotopic (exact) mass is 378 g/mol. The first-order valence-electron chi connectivity index (χ1n) is 10.2. The topological polar surface area (TPSA) is 38.5 Å². The molecule has 0 unspecified atom stereocenters. The Bertz CT molecular complexity index is 942. The van der Waals surface area contributed by atoms with Crippen molar-refractivity contribution < 1.29 is 9.69 Å². The van der Waals surface area contributed by atoms with Crippen LogP contribution in [0.2, 0.25) is 0 Å². The summed E-state index contributed by atoms with van der Waals surface area (Å²) in [6.07, 6.45) is 2.69. The van der Waals surface area contributed by atoms with Crippen LogP contribution >= 0.6 is 0 Å². The first-order valence-corrected chi connectivity index (χ1v) is 10.2. The highest BCUT2D eigenvalue weighted by Crippen LogP contribution is 2.35. The van der Waals surface area contributed by atoms with Gasteiger partial charge in [0.25, 0.3) is 0 Å². The molecular weight excluding hydrogens is 346 g/mol. The smallest absolute Gasteiger partial charge is 0.221 e. The Labute approximate surface area is 168 Å². The average Bonchev–Trinajstić information content (AvgIpc) is 3.04. The maximum Gasteiger partial charge on any atom is 0.221 e. The van der Waals surface area contributed by atoms with E-state index in [4.69, 9.17) is 0 Å². The third-order valence-corrected chi connectivity index (χ3v) is 5.32. The highest BCUT2D eigenvalue weighted by molar-refractivity contribution is 5.86. The Morgan fingerprint density at radius 3 is 2.64 bits per heavy atom. The summed E-state index contributed by atoms with van der Waals surface area (Å²) in [5.74, 6) is 0.158. The van der Waals surface area contributed by atoms with Crippen LogP contribution in [0.3, 0.4) is 0 Å². The van der Waals surface area contributed by atoms with Crippen LogP contribution in [0.4, 0.5) is 0 Å². The van der Waals surface area contributed by atoms with E-state index in [1.807, 2.05) is 0 Å². The second-order valence-corrected chi connectivity index (χ2v) is 7.87. The van der Waals surface area contributed by atoms with Gasteiger partial charge in [0.05, 0.1) is 27.2 Å². The molecule has 1 heterocycles. The molecule has 28 heavy (non-hydrogen) atoms. The molecule has 1 aromatic heterocycles. The van der Waals surface area contributed by atoms with Crippen molar-refractivity contribution in [3.8, 4) is 0 Å². The Kier molecular flexibility index (Phi) is 6.53. The molecule has 0 fully saturated rings. The van der Waals surface area contributed by atoms with E-state index in [1.165, 1.54) is 32.5 Å². The largest absolute Gasteiger partial charge is 0.350 e. The third kappa shape index (κ3) is 4.63. The van der Waals surface area contributed by atoms with Gasteiger partial charge in [-0.1, -0.05) is 48.0 Å². The zero-order valence-corrected chi connectivity index (χ0v) is 17.5. The number of benzene rings is 2. The summed E-state index contributed by atoms with van der Waals surface area (Å²) in [6, 6.07) is 17.0. The number of nitrogens with one attached hydrogen (secondary N) is 2. The van der Waals surface area contributed by atoms with Gasteiger partial charge in [0, 0.05) is 36.0 Å². The number of rotatable bonds is 8. The molecule has 4 heteroatoms. The van der Waals surface area contributed by atoms with E-state index in [2.05, 4.69) is 92.6 Å². The van der Waals surface area contributed by atoms with Gasteiger partial charge >= 0.3 is 0 Å². The first kappa shape index (κ1) is 20.2. The summed E-state index contributed by atoms with van der Waals surface area (Å²) in [4.78, 5) is 14.1. The van der Waals surface area contributed by atoms with E-state index >= 15 is 0 Å². The molecule has 3 rings (SSSR count). The molecule has 0 saturated carbocycles. The fraction of sp³-hybridized carbons (Fsp3) is 0.375. The third-order valence-electron chi connectivity index (χ3n) is 5.32. The van der Waals surface area contributed by atoms with Gasteiger partial charge < -0.3 is 14.8 Å². The van der Waals surface area contributed by atoms with Crippen molar-refractivity contribution in [1.29, 1.82) is 0 Å². The number of amides is 1. The fourth-order valence-corrected chi connectivity index (χ4v) is 3.82. The number of carbonyl (C=O) groups is 1. The molecule has 0 saturated heterocycles. The van der Waals surface area contributed by atoms with Gasteiger partial charge in [-0.05, 0) is 31.0 Å². The van der Waals surface area contributed by atoms with Crippen molar-refractivity contribution in [2.45, 2.75) is 32.7 Å². The molecule has 0 aliphatic rings. The predicted octanol–water partition coefficient (Wildman–Crippen LogP) is 2.75. The molecule has 3 aromatic rings. The van der Waals surface area contributed by atoms with Crippen molar-refractivity contribution in [2.75, 3.05) is 27.2 Å². The SMILES string of the molecule is CCn1cc([C@@H](CC(=O)NCC[NH+](C)C)c2cccc(C)c2)c2ccccc21. The number of nitrogens with zero attached hydrogens (tertiary/aromatic N) is 1. The number of likely N-dealkylation sites (N-methyl/N-ethyl adjacent to an activating group) is 1. The van der Waals surface area contributed by atoms with E-state index in [0.717, 1.165) is 13.1 Å². The minimum Gasteiger partial charge on any atom is -0.350 e. The summed E-state index contributed by atoms with van der Waals surface area (Å²) < 4.78 is 2.28. The van der Waals surface area contributed by atoms with Crippen molar-refractivity contribution >= 4 is 16.8 Å². The molecule has 0 radical (unpaired) electrons. The lowest BCUT2D eigenvalue weighted by atomic mass is 9.87. The second kappa shape index (κ2) is 9.07. The van der Waals surface area contributed by atoms with Gasteiger partial charge in [0.1, 0.15) is 0 Å². The maximum atomic E-state index is 12.8. The quantitative estimate of drug-likeness (QED) is 0.622. The van der Waals surface area contributed by atoms with Gasteiger partial charge in [-0.3, -0.25) is 4.79 Å². The molecule has 2 N–H and O–H groups in total. The van der Waals surface area contributed by atoms with Crippen LogP contribution in [-0.2, 0) is 11.3 Å². The number of fused-ring (bicyclic) bond motifs is 1. The van der Waals surface area contributed by atoms with Crippen LogP contribution < -0.4 is 10.2 Å². The van der Waals surface area contributed by atoms with Crippen molar-refractivity contribution in [1.82, 2.24) is 9.88 Å². The maximum absolute atomic E-state index is 12.8. The molecule has 148 valence electrons. The minimum absolute atomic E-state index is 0.0457. The Morgan fingerprint density at radius 2 is 1.93 bits per heavy atom. The van der Waals surface area contributed by atoms with E-state index in [0.29, 0.717) is 13.0 Å². The van der Waals surface area contributed by atoms with Gasteiger partial charge in [-0.25, -0.2) is 0 Å². The first-order chi connectivity index (χ1) is 13.5. The van der Waals surface area contributed by atoms with Gasteiger partial charge in [0.15, 0.2) is 0 Å². The molecule has 0 bridgehead atoms. The summed E-state index contributed by atoms with van der Waals surface area (Å²) in [6.45, 7) is 6.82. The zero-order chi connectivity index (χ0) is 20.1. The summed E-state index contributed by atoms with van der Waals surface area (Å²) in [7, 11) is 4.20. The normalized spacial score (nSPS) is 12.5. The molecular formula is C24H32N3O+. The number of para-hydroxylation sites is 1. The number of aryl methyl sites for hydroxylation is 2. The second-order valence-electron chi connectivity index (χ2n) is 7.87. The number of quaternary nitrogens is 1. The molecule has 0 aliphatic heterocycles. The van der Waals surface area contributed by atoms with E-state index in [9.17, 15) is 4.79 Å². The van der Waals surface area contributed by atoms with E-state index < -0.39 is 0 Å². The Hall–Kier alpha value is -2.59. The van der Waals surface area contributed by atoms with Gasteiger partial charge in [0.2, 0.25) is 5.91 Å².